The molecule has 0 aromatic carbocycles. The van der Waals surface area contributed by atoms with Crippen molar-refractivity contribution in [3.63, 3.8) is 0 Å². The summed E-state index contributed by atoms with van der Waals surface area (Å²) in [6.45, 7) is 4.25. The molecule has 0 amide bonds. The van der Waals surface area contributed by atoms with E-state index < -0.39 is 0 Å². The largest absolute Gasteiger partial charge is 0.465 e. The van der Waals surface area contributed by atoms with Gasteiger partial charge in [-0.2, -0.15) is 0 Å². The summed E-state index contributed by atoms with van der Waals surface area (Å²) >= 11 is 0. The van der Waals surface area contributed by atoms with Crippen LogP contribution in [0.25, 0.3) is 0 Å². The molecule has 5 nitrogen and oxygen atoms in total. The first-order valence-electron chi connectivity index (χ1n) is 10.7. The van der Waals surface area contributed by atoms with E-state index in [1.165, 1.54) is 76.2 Å². The average Bonchev–Trinajstić information content (AvgIpc) is 3.05. The van der Waals surface area contributed by atoms with Crippen molar-refractivity contribution in [1.82, 2.24) is 5.32 Å². The number of guanidine groups is 1. The van der Waals surface area contributed by atoms with Gasteiger partial charge in [-0.25, -0.2) is 9.79 Å². The summed E-state index contributed by atoms with van der Waals surface area (Å²) in [5.41, 5.74) is 1.76. The number of esters is 1. The summed E-state index contributed by atoms with van der Waals surface area (Å²) in [5.74, 6) is 0.888. The predicted octanol–water partition coefficient (Wildman–Crippen LogP) is 2.72. The van der Waals surface area contributed by atoms with Gasteiger partial charge in [-0.3, -0.25) is 10.2 Å². The highest BCUT2D eigenvalue weighted by atomic mass is 16.5. The summed E-state index contributed by atoms with van der Waals surface area (Å²) < 4.78 is 5.02. The van der Waals surface area contributed by atoms with E-state index in [0.717, 1.165) is 23.7 Å². The zero-order valence-electron chi connectivity index (χ0n) is 16.8. The number of allylic oxidation sites excluding steroid dienone is 1. The van der Waals surface area contributed by atoms with Gasteiger partial charge >= 0.3 is 11.9 Å². The van der Waals surface area contributed by atoms with Crippen LogP contribution < -0.4 is 10.2 Å². The molecule has 0 aromatic rings. The number of hydrogen-bond donors (Lipinski definition) is 2. The van der Waals surface area contributed by atoms with E-state index in [-0.39, 0.29) is 12.0 Å². The fraction of sp³-hybridized carbons (Fsp3) is 0.810. The minimum atomic E-state index is -0.183. The van der Waals surface area contributed by atoms with Gasteiger partial charge in [-0.1, -0.05) is 51.9 Å². The van der Waals surface area contributed by atoms with Crippen molar-refractivity contribution in [2.75, 3.05) is 7.11 Å². The van der Waals surface area contributed by atoms with Crippen LogP contribution in [0, 0.1) is 0 Å². The van der Waals surface area contributed by atoms with Crippen LogP contribution in [0.5, 0.6) is 0 Å². The Morgan fingerprint density at radius 3 is 2.65 bits per heavy atom. The van der Waals surface area contributed by atoms with Crippen molar-refractivity contribution in [3.8, 4) is 0 Å². The quantitative estimate of drug-likeness (QED) is 0.490. The van der Waals surface area contributed by atoms with Gasteiger partial charge in [-0.15, -0.1) is 0 Å². The lowest BCUT2D eigenvalue weighted by Crippen LogP contribution is -3.22. The van der Waals surface area contributed by atoms with Crippen LogP contribution in [0.4, 0.5) is 0 Å². The third kappa shape index (κ3) is 4.13. The first kappa shape index (κ1) is 19.4. The second kappa shape index (κ2) is 9.03. The Kier molecular flexibility index (Phi) is 6.74. The summed E-state index contributed by atoms with van der Waals surface area (Å²) in [6, 6.07) is 1.28. The molecule has 0 bridgehead atoms. The number of carbonyl (C=O) groups excluding carboxylic acids is 1. The number of aliphatic imine (C=N–C) groups is 1. The van der Waals surface area contributed by atoms with Gasteiger partial charge in [0.2, 0.25) is 0 Å². The smallest absolute Gasteiger partial charge is 0.341 e. The average molecular weight is 363 g/mol. The SMILES string of the molecule is CCCCCCCCC[C@H]1C[C@H]2CC[C@H]3C(C(=O)OC)=C(C)NC(=N1)[NH+]23. The van der Waals surface area contributed by atoms with Crippen LogP contribution in [0.3, 0.4) is 0 Å². The molecule has 3 aliphatic rings. The Balaban J connectivity index is 1.56. The highest BCUT2D eigenvalue weighted by Crippen LogP contribution is 2.26. The number of carbonyl (C=O) groups is 1. The molecule has 5 heteroatoms. The van der Waals surface area contributed by atoms with E-state index in [4.69, 9.17) is 9.73 Å². The third-order valence-corrected chi connectivity index (χ3v) is 6.37. The van der Waals surface area contributed by atoms with Gasteiger partial charge in [0.05, 0.1) is 19.2 Å². The molecule has 3 rings (SSSR count). The fourth-order valence-electron chi connectivity index (χ4n) is 5.04. The topological polar surface area (TPSA) is 55.1 Å². The van der Waals surface area contributed by atoms with Gasteiger partial charge in [0.1, 0.15) is 11.6 Å². The lowest BCUT2D eigenvalue weighted by molar-refractivity contribution is -0.846. The van der Waals surface area contributed by atoms with Crippen molar-refractivity contribution in [3.05, 3.63) is 11.3 Å². The summed E-state index contributed by atoms with van der Waals surface area (Å²) in [4.78, 5) is 18.6. The highest BCUT2D eigenvalue weighted by Gasteiger charge is 2.51. The summed E-state index contributed by atoms with van der Waals surface area (Å²) in [5, 5.41) is 3.43. The number of hydrogen-bond acceptors (Lipinski definition) is 4. The Bertz CT molecular complexity index is 570. The molecule has 146 valence electrons. The van der Waals surface area contributed by atoms with Crippen molar-refractivity contribution >= 4 is 11.9 Å². The molecule has 3 heterocycles. The summed E-state index contributed by atoms with van der Waals surface area (Å²) in [7, 11) is 1.47. The second-order valence-corrected chi connectivity index (χ2v) is 8.21. The number of ether oxygens (including phenoxy) is 1. The van der Waals surface area contributed by atoms with Crippen LogP contribution in [-0.4, -0.2) is 37.2 Å². The maximum absolute atomic E-state index is 12.2. The van der Waals surface area contributed by atoms with Gasteiger partial charge in [0.25, 0.3) is 0 Å². The highest BCUT2D eigenvalue weighted by molar-refractivity contribution is 5.93. The zero-order chi connectivity index (χ0) is 18.5. The molecule has 3 aliphatic heterocycles. The second-order valence-electron chi connectivity index (χ2n) is 8.21. The Labute approximate surface area is 158 Å². The Hall–Kier alpha value is -1.36. The molecular formula is C21H36N3O2+. The van der Waals surface area contributed by atoms with Gasteiger partial charge in [0.15, 0.2) is 0 Å². The molecular weight excluding hydrogens is 326 g/mol. The Morgan fingerprint density at radius 1 is 1.19 bits per heavy atom. The maximum Gasteiger partial charge on any atom is 0.341 e. The van der Waals surface area contributed by atoms with E-state index in [1.807, 2.05) is 6.92 Å². The molecule has 1 saturated heterocycles. The predicted molar refractivity (Wildman–Crippen MR) is 104 cm³/mol. The minimum Gasteiger partial charge on any atom is -0.465 e. The van der Waals surface area contributed by atoms with Gasteiger partial charge in [0, 0.05) is 25.0 Å². The van der Waals surface area contributed by atoms with Crippen molar-refractivity contribution in [1.29, 1.82) is 0 Å². The number of methoxy groups -OCH3 is 1. The third-order valence-electron chi connectivity index (χ3n) is 6.37. The van der Waals surface area contributed by atoms with E-state index in [0.29, 0.717) is 12.1 Å². The molecule has 0 aliphatic carbocycles. The van der Waals surface area contributed by atoms with Crippen LogP contribution in [0.1, 0.15) is 84.5 Å². The molecule has 2 N–H and O–H groups in total. The van der Waals surface area contributed by atoms with E-state index in [2.05, 4.69) is 12.2 Å². The van der Waals surface area contributed by atoms with Crippen LogP contribution in [0.15, 0.2) is 16.3 Å². The molecule has 0 saturated carbocycles. The minimum absolute atomic E-state index is 0.183. The standard InChI is InChI=1S/C21H35N3O2/c1-4-5-6-7-8-9-10-11-16-14-17-12-13-18-19(20(25)26-3)15(2)22-21(23-16)24(17)18/h16-18H,4-14H2,1-3H3,(H,22,23)/p+1/t16-,17+,18-/m0/s1. The zero-order valence-corrected chi connectivity index (χ0v) is 16.8. The monoisotopic (exact) mass is 362 g/mol. The van der Waals surface area contributed by atoms with Gasteiger partial charge in [-0.05, 0) is 13.3 Å². The molecule has 0 aromatic heterocycles. The first-order chi connectivity index (χ1) is 12.7. The maximum atomic E-state index is 12.2. The normalized spacial score (nSPS) is 29.9. The van der Waals surface area contributed by atoms with Crippen LogP contribution in [0.2, 0.25) is 0 Å². The van der Waals surface area contributed by atoms with Crippen molar-refractivity contribution in [2.45, 2.75) is 103 Å². The van der Waals surface area contributed by atoms with Crippen molar-refractivity contribution in [2.24, 2.45) is 4.99 Å². The van der Waals surface area contributed by atoms with E-state index in [9.17, 15) is 4.79 Å². The van der Waals surface area contributed by atoms with Crippen LogP contribution >= 0.6 is 0 Å². The number of quaternary nitrogens is 1. The molecule has 1 unspecified atom stereocenters. The van der Waals surface area contributed by atoms with E-state index >= 15 is 0 Å². The van der Waals surface area contributed by atoms with Crippen molar-refractivity contribution < 1.29 is 14.4 Å². The van der Waals surface area contributed by atoms with Gasteiger partial charge < -0.3 is 4.74 Å². The fourth-order valence-corrected chi connectivity index (χ4v) is 5.04. The molecule has 1 fully saturated rings. The lowest BCUT2D eigenvalue weighted by atomic mass is 9.97. The van der Waals surface area contributed by atoms with Crippen LogP contribution in [-0.2, 0) is 9.53 Å². The summed E-state index contributed by atoms with van der Waals surface area (Å²) in [6.07, 6.45) is 14.1. The molecule has 4 atom stereocenters. The first-order valence-corrected chi connectivity index (χ1v) is 10.7. The number of nitrogens with zero attached hydrogens (tertiary/aromatic N) is 1. The molecule has 0 radical (unpaired) electrons. The lowest BCUT2D eigenvalue weighted by Gasteiger charge is -2.37. The Morgan fingerprint density at radius 2 is 1.92 bits per heavy atom. The number of rotatable bonds is 9. The number of nitrogens with one attached hydrogen (secondary N) is 2. The van der Waals surface area contributed by atoms with E-state index in [1.54, 1.807) is 0 Å². The number of unbranched alkanes of at least 4 members (excludes halogenated alkanes) is 6. The molecule has 0 spiro atoms. The molecule has 26 heavy (non-hydrogen) atoms.